The van der Waals surface area contributed by atoms with Crippen LogP contribution in [0.1, 0.15) is 39.5 Å². The van der Waals surface area contributed by atoms with Crippen LogP contribution < -0.4 is 5.32 Å². The summed E-state index contributed by atoms with van der Waals surface area (Å²) < 4.78 is 0. The predicted molar refractivity (Wildman–Crippen MR) is 73.8 cm³/mol. The fourth-order valence-corrected chi connectivity index (χ4v) is 2.63. The highest BCUT2D eigenvalue weighted by Crippen LogP contribution is 2.15. The minimum atomic E-state index is -0.785. The van der Waals surface area contributed by atoms with Crippen LogP contribution in [0.5, 0.6) is 0 Å². The lowest BCUT2D eigenvalue weighted by atomic mass is 10.0. The van der Waals surface area contributed by atoms with Crippen molar-refractivity contribution in [2.24, 2.45) is 0 Å². The highest BCUT2D eigenvalue weighted by Gasteiger charge is 2.40. The number of nitrogens with zero attached hydrogens (tertiary/aromatic N) is 2. The van der Waals surface area contributed by atoms with Crippen molar-refractivity contribution in [1.29, 1.82) is 0 Å². The van der Waals surface area contributed by atoms with Crippen LogP contribution in [0.2, 0.25) is 0 Å². The van der Waals surface area contributed by atoms with Crippen LogP contribution >= 0.6 is 0 Å². The summed E-state index contributed by atoms with van der Waals surface area (Å²) in [4.78, 5) is 39.2. The van der Waals surface area contributed by atoms with Gasteiger partial charge in [0.15, 0.2) is 0 Å². The van der Waals surface area contributed by atoms with Gasteiger partial charge >= 0.3 is 0 Å². The lowest BCUT2D eigenvalue weighted by Crippen LogP contribution is -2.65. The van der Waals surface area contributed by atoms with E-state index in [1.807, 2.05) is 0 Å². The first kappa shape index (κ1) is 15.0. The van der Waals surface area contributed by atoms with Crippen LogP contribution in [0.15, 0.2) is 0 Å². The predicted octanol–water partition coefficient (Wildman–Crippen LogP) is 0.126. The van der Waals surface area contributed by atoms with Crippen LogP contribution in [0, 0.1) is 0 Å². The van der Waals surface area contributed by atoms with Crippen LogP contribution in [0.3, 0.4) is 0 Å². The largest absolute Gasteiger partial charge is 0.341 e. The summed E-state index contributed by atoms with van der Waals surface area (Å²) in [6.45, 7) is 4.90. The van der Waals surface area contributed by atoms with Gasteiger partial charge in [0.2, 0.25) is 17.7 Å². The fraction of sp³-hybridized carbons (Fsp3) is 0.786. The molecule has 3 amide bonds. The Kier molecular flexibility index (Phi) is 4.42. The zero-order valence-corrected chi connectivity index (χ0v) is 12.3. The quantitative estimate of drug-likeness (QED) is 0.730. The molecule has 2 aliphatic heterocycles. The second-order valence-electron chi connectivity index (χ2n) is 6.06. The zero-order valence-electron chi connectivity index (χ0n) is 12.3. The topological polar surface area (TPSA) is 69.7 Å². The number of rotatable bonds is 2. The summed E-state index contributed by atoms with van der Waals surface area (Å²) in [5.41, 5.74) is -0.785. The van der Waals surface area contributed by atoms with Crippen molar-refractivity contribution < 1.29 is 14.4 Å². The van der Waals surface area contributed by atoms with Gasteiger partial charge in [-0.2, -0.15) is 0 Å². The number of amides is 3. The molecule has 0 aromatic rings. The Labute approximate surface area is 119 Å². The molecule has 0 unspecified atom stereocenters. The molecule has 2 saturated heterocycles. The Bertz CT molecular complexity index is 412. The van der Waals surface area contributed by atoms with Crippen LogP contribution in [-0.4, -0.2) is 59.2 Å². The molecule has 2 fully saturated rings. The first-order chi connectivity index (χ1) is 9.42. The lowest BCUT2D eigenvalue weighted by molar-refractivity contribution is -0.156. The highest BCUT2D eigenvalue weighted by molar-refractivity contribution is 6.05. The van der Waals surface area contributed by atoms with Gasteiger partial charge in [-0.3, -0.25) is 24.6 Å². The van der Waals surface area contributed by atoms with Crippen molar-refractivity contribution in [3.63, 3.8) is 0 Å². The number of carbonyl (C=O) groups excluding carboxylic acids is 3. The fourth-order valence-electron chi connectivity index (χ4n) is 2.63. The van der Waals surface area contributed by atoms with Gasteiger partial charge in [0.25, 0.3) is 0 Å². The van der Waals surface area contributed by atoms with Crippen molar-refractivity contribution in [3.8, 4) is 0 Å². The van der Waals surface area contributed by atoms with Gasteiger partial charge in [0.1, 0.15) is 6.54 Å². The van der Waals surface area contributed by atoms with Crippen molar-refractivity contribution in [3.05, 3.63) is 0 Å². The molecule has 0 bridgehead atoms. The van der Waals surface area contributed by atoms with E-state index in [2.05, 4.69) is 5.32 Å². The van der Waals surface area contributed by atoms with Crippen molar-refractivity contribution >= 4 is 17.7 Å². The van der Waals surface area contributed by atoms with Gasteiger partial charge in [-0.15, -0.1) is 0 Å². The maximum absolute atomic E-state index is 12.3. The summed E-state index contributed by atoms with van der Waals surface area (Å²) in [5.74, 6) is -0.763. The minimum Gasteiger partial charge on any atom is -0.341 e. The molecular weight excluding hydrogens is 258 g/mol. The molecule has 1 N–H and O–H groups in total. The number of carbonyl (C=O) groups is 3. The number of hydrogen-bond acceptors (Lipinski definition) is 4. The molecule has 20 heavy (non-hydrogen) atoms. The Morgan fingerprint density at radius 2 is 1.75 bits per heavy atom. The number of piperazine rings is 1. The molecule has 0 atom stereocenters. The molecule has 6 heteroatoms. The van der Waals surface area contributed by atoms with E-state index in [0.717, 1.165) is 43.7 Å². The molecule has 0 spiro atoms. The van der Waals surface area contributed by atoms with Crippen LogP contribution in [0.4, 0.5) is 0 Å². The third-order valence-electron chi connectivity index (χ3n) is 4.01. The summed E-state index contributed by atoms with van der Waals surface area (Å²) in [6.07, 6.45) is 4.28. The highest BCUT2D eigenvalue weighted by atomic mass is 16.2. The monoisotopic (exact) mass is 281 g/mol. The SMILES string of the molecule is CC1(C)NCC(=O)N(CC(=O)N2CCCCCC2)C1=O. The van der Waals surface area contributed by atoms with Gasteiger partial charge in [-0.1, -0.05) is 12.8 Å². The van der Waals surface area contributed by atoms with E-state index >= 15 is 0 Å². The van der Waals surface area contributed by atoms with Gasteiger partial charge in [-0.05, 0) is 26.7 Å². The first-order valence-electron chi connectivity index (χ1n) is 7.29. The van der Waals surface area contributed by atoms with Crippen LogP contribution in [0.25, 0.3) is 0 Å². The number of nitrogens with one attached hydrogen (secondary N) is 1. The zero-order chi connectivity index (χ0) is 14.8. The van der Waals surface area contributed by atoms with Crippen molar-refractivity contribution in [1.82, 2.24) is 15.1 Å². The van der Waals surface area contributed by atoms with Gasteiger partial charge in [0, 0.05) is 13.1 Å². The minimum absolute atomic E-state index is 0.103. The maximum Gasteiger partial charge on any atom is 0.249 e. The Hall–Kier alpha value is -1.43. The Morgan fingerprint density at radius 3 is 2.35 bits per heavy atom. The van der Waals surface area contributed by atoms with Gasteiger partial charge < -0.3 is 4.90 Å². The Morgan fingerprint density at radius 1 is 1.15 bits per heavy atom. The molecule has 2 aliphatic rings. The molecule has 0 radical (unpaired) electrons. The van der Waals surface area contributed by atoms with Gasteiger partial charge in [0.05, 0.1) is 12.1 Å². The Balaban J connectivity index is 2.01. The van der Waals surface area contributed by atoms with Gasteiger partial charge in [-0.25, -0.2) is 0 Å². The van der Waals surface area contributed by atoms with E-state index in [9.17, 15) is 14.4 Å². The summed E-state index contributed by atoms with van der Waals surface area (Å²) in [6, 6.07) is 0. The molecular formula is C14H23N3O3. The average Bonchev–Trinajstić information content (AvgIpc) is 2.68. The molecule has 6 nitrogen and oxygen atoms in total. The molecule has 0 aromatic heterocycles. The van der Waals surface area contributed by atoms with Crippen LogP contribution in [-0.2, 0) is 14.4 Å². The summed E-state index contributed by atoms with van der Waals surface area (Å²) >= 11 is 0. The number of likely N-dealkylation sites (tertiary alicyclic amines) is 1. The maximum atomic E-state index is 12.3. The average molecular weight is 281 g/mol. The summed E-state index contributed by atoms with van der Waals surface area (Å²) in [5, 5.41) is 2.89. The molecule has 0 aromatic carbocycles. The van der Waals surface area contributed by atoms with E-state index in [-0.39, 0.29) is 30.8 Å². The number of hydrogen-bond donors (Lipinski definition) is 1. The van der Waals surface area contributed by atoms with E-state index in [4.69, 9.17) is 0 Å². The summed E-state index contributed by atoms with van der Waals surface area (Å²) in [7, 11) is 0. The number of imide groups is 1. The van der Waals surface area contributed by atoms with E-state index < -0.39 is 5.54 Å². The van der Waals surface area contributed by atoms with E-state index in [0.29, 0.717) is 0 Å². The third-order valence-corrected chi connectivity index (χ3v) is 4.01. The van der Waals surface area contributed by atoms with Crippen molar-refractivity contribution in [2.75, 3.05) is 26.2 Å². The molecule has 112 valence electrons. The molecule has 0 saturated carbocycles. The normalized spacial score (nSPS) is 23.7. The standard InChI is InChI=1S/C14H23N3O3/c1-14(2)13(20)17(11(18)9-15-14)10-12(19)16-7-5-3-4-6-8-16/h15H,3-10H2,1-2H3. The molecule has 0 aliphatic carbocycles. The second-order valence-corrected chi connectivity index (χ2v) is 6.06. The third kappa shape index (κ3) is 3.17. The molecule has 2 rings (SSSR count). The smallest absolute Gasteiger partial charge is 0.249 e. The second kappa shape index (κ2) is 5.91. The van der Waals surface area contributed by atoms with E-state index in [1.165, 1.54) is 0 Å². The van der Waals surface area contributed by atoms with E-state index in [1.54, 1.807) is 18.7 Å². The lowest BCUT2D eigenvalue weighted by Gasteiger charge is -2.37. The first-order valence-corrected chi connectivity index (χ1v) is 7.29. The molecule has 2 heterocycles. The van der Waals surface area contributed by atoms with Crippen molar-refractivity contribution in [2.45, 2.75) is 45.1 Å².